The summed E-state index contributed by atoms with van der Waals surface area (Å²) in [6.45, 7) is 9.73. The summed E-state index contributed by atoms with van der Waals surface area (Å²) in [5, 5.41) is 3.64. The largest absolute Gasteiger partial charge is 0.496 e. The molecule has 1 rings (SSSR count). The minimum atomic E-state index is 0.196. The van der Waals surface area contributed by atoms with E-state index in [1.807, 2.05) is 0 Å². The second kappa shape index (κ2) is 9.06. The molecule has 120 valence electrons. The number of aryl methyl sites for hydroxylation is 1. The molecule has 0 fully saturated rings. The Bertz CT molecular complexity index is 418. The van der Waals surface area contributed by atoms with E-state index in [-0.39, 0.29) is 6.10 Å². The van der Waals surface area contributed by atoms with Crippen molar-refractivity contribution in [3.8, 4) is 5.75 Å². The molecule has 0 heterocycles. The van der Waals surface area contributed by atoms with E-state index < -0.39 is 0 Å². The molecule has 2 unspecified atom stereocenters. The van der Waals surface area contributed by atoms with Crippen LogP contribution >= 0.6 is 0 Å². The predicted molar refractivity (Wildman–Crippen MR) is 89.2 cm³/mol. The van der Waals surface area contributed by atoms with Crippen molar-refractivity contribution in [2.24, 2.45) is 5.92 Å². The van der Waals surface area contributed by atoms with E-state index >= 15 is 0 Å². The quantitative estimate of drug-likeness (QED) is 0.755. The Morgan fingerprint density at radius 1 is 1.19 bits per heavy atom. The van der Waals surface area contributed by atoms with Gasteiger partial charge in [-0.05, 0) is 43.9 Å². The van der Waals surface area contributed by atoms with Crippen molar-refractivity contribution >= 4 is 0 Å². The highest BCUT2D eigenvalue weighted by Crippen LogP contribution is 2.24. The monoisotopic (exact) mass is 293 g/mol. The number of methoxy groups -OCH3 is 2. The Morgan fingerprint density at radius 3 is 2.43 bits per heavy atom. The van der Waals surface area contributed by atoms with Crippen LogP contribution in [0.2, 0.25) is 0 Å². The van der Waals surface area contributed by atoms with Gasteiger partial charge in [-0.1, -0.05) is 38.5 Å². The lowest BCUT2D eigenvalue weighted by atomic mass is 9.92. The summed E-state index contributed by atoms with van der Waals surface area (Å²) < 4.78 is 11.3. The molecule has 3 heteroatoms. The maximum atomic E-state index is 5.74. The molecule has 0 spiro atoms. The zero-order chi connectivity index (χ0) is 15.8. The van der Waals surface area contributed by atoms with Gasteiger partial charge in [0.05, 0.1) is 13.2 Å². The smallest absolute Gasteiger partial charge is 0.122 e. The second-order valence-corrected chi connectivity index (χ2v) is 6.02. The number of hydrogen-bond acceptors (Lipinski definition) is 3. The summed E-state index contributed by atoms with van der Waals surface area (Å²) in [4.78, 5) is 0. The Morgan fingerprint density at radius 2 is 1.90 bits per heavy atom. The summed E-state index contributed by atoms with van der Waals surface area (Å²) in [5.74, 6) is 1.43. The van der Waals surface area contributed by atoms with E-state index in [0.29, 0.717) is 12.0 Å². The zero-order valence-electron chi connectivity index (χ0n) is 14.4. The lowest BCUT2D eigenvalue weighted by molar-refractivity contribution is 0.0331. The number of ether oxygens (including phenoxy) is 2. The average Bonchev–Trinajstić information content (AvgIpc) is 2.45. The first-order valence-corrected chi connectivity index (χ1v) is 7.93. The fourth-order valence-electron chi connectivity index (χ4n) is 2.84. The highest BCUT2D eigenvalue weighted by atomic mass is 16.5. The van der Waals surface area contributed by atoms with Gasteiger partial charge in [0.25, 0.3) is 0 Å². The molecule has 0 aliphatic rings. The maximum absolute atomic E-state index is 5.74. The van der Waals surface area contributed by atoms with Gasteiger partial charge < -0.3 is 14.8 Å². The molecule has 0 bridgehead atoms. The van der Waals surface area contributed by atoms with E-state index in [1.54, 1.807) is 14.2 Å². The molecule has 0 amide bonds. The van der Waals surface area contributed by atoms with Crippen LogP contribution in [-0.2, 0) is 11.2 Å². The molecule has 1 N–H and O–H groups in total. The van der Waals surface area contributed by atoms with Crippen LogP contribution in [-0.4, -0.2) is 32.9 Å². The third-order valence-corrected chi connectivity index (χ3v) is 3.86. The molecule has 1 aromatic carbocycles. The standard InChI is InChI=1S/C18H31NO2/c1-7-10-19-16(18(21-6)13(2)3)12-15-11-14(4)8-9-17(15)20-5/h8-9,11,13,16,18-19H,7,10,12H2,1-6H3. The third-order valence-electron chi connectivity index (χ3n) is 3.86. The van der Waals surface area contributed by atoms with Gasteiger partial charge >= 0.3 is 0 Å². The SMILES string of the molecule is CCCNC(Cc1cc(C)ccc1OC)C(OC)C(C)C. The number of benzene rings is 1. The predicted octanol–water partition coefficient (Wildman–Crippen LogP) is 3.59. The van der Waals surface area contributed by atoms with E-state index in [1.165, 1.54) is 11.1 Å². The molecule has 0 aromatic heterocycles. The van der Waals surface area contributed by atoms with Gasteiger partial charge in [0, 0.05) is 13.2 Å². The summed E-state index contributed by atoms with van der Waals surface area (Å²) in [6.07, 6.45) is 2.24. The molecule has 0 aliphatic carbocycles. The summed E-state index contributed by atoms with van der Waals surface area (Å²) in [7, 11) is 3.54. The Labute approximate surface area is 130 Å². The molecular weight excluding hydrogens is 262 g/mol. The van der Waals surface area contributed by atoms with E-state index in [2.05, 4.69) is 51.2 Å². The van der Waals surface area contributed by atoms with Crippen LogP contribution in [0.4, 0.5) is 0 Å². The molecule has 2 atom stereocenters. The van der Waals surface area contributed by atoms with Gasteiger partial charge in [-0.2, -0.15) is 0 Å². The van der Waals surface area contributed by atoms with Gasteiger partial charge in [-0.25, -0.2) is 0 Å². The van der Waals surface area contributed by atoms with Gasteiger partial charge in [0.2, 0.25) is 0 Å². The first kappa shape index (κ1) is 18.0. The summed E-state index contributed by atoms with van der Waals surface area (Å²) >= 11 is 0. The second-order valence-electron chi connectivity index (χ2n) is 6.02. The van der Waals surface area contributed by atoms with Crippen LogP contribution in [0.25, 0.3) is 0 Å². The van der Waals surface area contributed by atoms with E-state index in [0.717, 1.165) is 25.1 Å². The lowest BCUT2D eigenvalue weighted by Gasteiger charge is -2.30. The van der Waals surface area contributed by atoms with Crippen molar-refractivity contribution in [3.63, 3.8) is 0 Å². The molecule has 21 heavy (non-hydrogen) atoms. The topological polar surface area (TPSA) is 30.5 Å². The van der Waals surface area contributed by atoms with Crippen molar-refractivity contribution in [3.05, 3.63) is 29.3 Å². The van der Waals surface area contributed by atoms with E-state index in [4.69, 9.17) is 9.47 Å². The summed E-state index contributed by atoms with van der Waals surface area (Å²) in [5.41, 5.74) is 2.51. The Balaban J connectivity index is 2.96. The molecule has 0 radical (unpaired) electrons. The first-order valence-electron chi connectivity index (χ1n) is 7.93. The number of rotatable bonds is 9. The third kappa shape index (κ3) is 5.33. The molecule has 1 aromatic rings. The highest BCUT2D eigenvalue weighted by molar-refractivity contribution is 5.37. The highest BCUT2D eigenvalue weighted by Gasteiger charge is 2.25. The maximum Gasteiger partial charge on any atom is 0.122 e. The van der Waals surface area contributed by atoms with Crippen molar-refractivity contribution in [1.82, 2.24) is 5.32 Å². The van der Waals surface area contributed by atoms with Gasteiger partial charge in [0.15, 0.2) is 0 Å². The van der Waals surface area contributed by atoms with Gasteiger partial charge in [0.1, 0.15) is 5.75 Å². The van der Waals surface area contributed by atoms with Crippen LogP contribution in [0.3, 0.4) is 0 Å². The van der Waals surface area contributed by atoms with Crippen molar-refractivity contribution in [1.29, 1.82) is 0 Å². The molecule has 3 nitrogen and oxygen atoms in total. The van der Waals surface area contributed by atoms with Crippen LogP contribution in [0.5, 0.6) is 5.75 Å². The Kier molecular flexibility index (Phi) is 7.76. The van der Waals surface area contributed by atoms with E-state index in [9.17, 15) is 0 Å². The average molecular weight is 293 g/mol. The van der Waals surface area contributed by atoms with Crippen LogP contribution in [0.1, 0.15) is 38.3 Å². The molecule has 0 saturated carbocycles. The number of nitrogens with one attached hydrogen (secondary N) is 1. The summed E-state index contributed by atoms with van der Waals surface area (Å²) in [6, 6.07) is 6.66. The fourth-order valence-corrected chi connectivity index (χ4v) is 2.84. The van der Waals surface area contributed by atoms with Crippen LogP contribution in [0.15, 0.2) is 18.2 Å². The molecule has 0 saturated heterocycles. The van der Waals surface area contributed by atoms with Crippen molar-refractivity contribution in [2.75, 3.05) is 20.8 Å². The fraction of sp³-hybridized carbons (Fsp3) is 0.667. The minimum Gasteiger partial charge on any atom is -0.496 e. The van der Waals surface area contributed by atoms with Crippen LogP contribution in [0, 0.1) is 12.8 Å². The molecular formula is C18H31NO2. The molecule has 0 aliphatic heterocycles. The Hall–Kier alpha value is -1.06. The first-order chi connectivity index (χ1) is 10.0. The van der Waals surface area contributed by atoms with Crippen LogP contribution < -0.4 is 10.1 Å². The zero-order valence-corrected chi connectivity index (χ0v) is 14.4. The number of hydrogen-bond donors (Lipinski definition) is 1. The van der Waals surface area contributed by atoms with Crippen molar-refractivity contribution < 1.29 is 9.47 Å². The lowest BCUT2D eigenvalue weighted by Crippen LogP contribution is -2.45. The minimum absolute atomic E-state index is 0.196. The van der Waals surface area contributed by atoms with Crippen molar-refractivity contribution in [2.45, 2.75) is 52.7 Å². The van der Waals surface area contributed by atoms with Gasteiger partial charge in [-0.3, -0.25) is 0 Å². The van der Waals surface area contributed by atoms with Gasteiger partial charge in [-0.15, -0.1) is 0 Å². The normalized spacial score (nSPS) is 14.2.